The lowest BCUT2D eigenvalue weighted by atomic mass is 10.0. The molecule has 2 atom stereocenters. The Morgan fingerprint density at radius 1 is 1.38 bits per heavy atom. The standard InChI is InChI=1S/C13H16O3/c1-10(14)12(13(15)16-2)9-8-11-6-4-3-5-7-11/h3-10,12,14H,1-2H3/b9-8+/t10-,12+/m1/s1. The Balaban J connectivity index is 2.76. The third-order valence-electron chi connectivity index (χ3n) is 2.29. The molecule has 0 radical (unpaired) electrons. The van der Waals surface area contributed by atoms with E-state index in [0.717, 1.165) is 5.56 Å². The van der Waals surface area contributed by atoms with Gasteiger partial charge in [-0.3, -0.25) is 4.79 Å². The lowest BCUT2D eigenvalue weighted by molar-refractivity contribution is -0.146. The second-order valence-electron chi connectivity index (χ2n) is 3.56. The summed E-state index contributed by atoms with van der Waals surface area (Å²) in [6.45, 7) is 1.57. The van der Waals surface area contributed by atoms with Gasteiger partial charge in [0.25, 0.3) is 0 Å². The van der Waals surface area contributed by atoms with Gasteiger partial charge in [0, 0.05) is 0 Å². The summed E-state index contributed by atoms with van der Waals surface area (Å²) < 4.78 is 4.61. The fourth-order valence-electron chi connectivity index (χ4n) is 1.35. The molecule has 0 aliphatic heterocycles. The van der Waals surface area contributed by atoms with Crippen LogP contribution >= 0.6 is 0 Å². The van der Waals surface area contributed by atoms with Gasteiger partial charge in [-0.1, -0.05) is 42.5 Å². The van der Waals surface area contributed by atoms with Gasteiger partial charge >= 0.3 is 5.97 Å². The third kappa shape index (κ3) is 3.51. The monoisotopic (exact) mass is 220 g/mol. The summed E-state index contributed by atoms with van der Waals surface area (Å²) in [6, 6.07) is 9.59. The number of benzene rings is 1. The summed E-state index contributed by atoms with van der Waals surface area (Å²) in [5, 5.41) is 9.44. The van der Waals surface area contributed by atoms with Gasteiger partial charge in [0.2, 0.25) is 0 Å². The molecule has 1 aromatic rings. The first-order chi connectivity index (χ1) is 7.65. The van der Waals surface area contributed by atoms with E-state index in [1.807, 2.05) is 30.3 Å². The maximum Gasteiger partial charge on any atom is 0.315 e. The first kappa shape index (κ1) is 12.5. The van der Waals surface area contributed by atoms with E-state index < -0.39 is 18.0 Å². The third-order valence-corrected chi connectivity index (χ3v) is 2.29. The van der Waals surface area contributed by atoms with Crippen molar-refractivity contribution >= 4 is 12.0 Å². The van der Waals surface area contributed by atoms with Gasteiger partial charge in [0.1, 0.15) is 5.92 Å². The summed E-state index contributed by atoms with van der Waals surface area (Å²) >= 11 is 0. The number of hydrogen-bond acceptors (Lipinski definition) is 3. The number of aliphatic hydroxyl groups excluding tert-OH is 1. The number of carbonyl (C=O) groups is 1. The molecular formula is C13H16O3. The number of carbonyl (C=O) groups excluding carboxylic acids is 1. The van der Waals surface area contributed by atoms with Crippen molar-refractivity contribution in [2.24, 2.45) is 5.92 Å². The summed E-state index contributed by atoms with van der Waals surface area (Å²) in [5.74, 6) is -1.05. The summed E-state index contributed by atoms with van der Waals surface area (Å²) in [4.78, 5) is 11.3. The zero-order chi connectivity index (χ0) is 12.0. The molecular weight excluding hydrogens is 204 g/mol. The van der Waals surface area contributed by atoms with Crippen LogP contribution in [0, 0.1) is 5.92 Å². The predicted octanol–water partition coefficient (Wildman–Crippen LogP) is 1.87. The molecule has 1 rings (SSSR count). The summed E-state index contributed by atoms with van der Waals surface area (Å²) in [5.41, 5.74) is 0.983. The van der Waals surface area contributed by atoms with E-state index in [4.69, 9.17) is 0 Å². The van der Waals surface area contributed by atoms with Crippen LogP contribution in [-0.2, 0) is 9.53 Å². The fourth-order valence-corrected chi connectivity index (χ4v) is 1.35. The quantitative estimate of drug-likeness (QED) is 0.788. The molecule has 0 fully saturated rings. The van der Waals surface area contributed by atoms with E-state index in [1.54, 1.807) is 19.1 Å². The molecule has 1 aromatic carbocycles. The normalized spacial score (nSPS) is 14.7. The molecule has 0 saturated heterocycles. The Morgan fingerprint density at radius 3 is 2.50 bits per heavy atom. The minimum Gasteiger partial charge on any atom is -0.468 e. The molecule has 0 heterocycles. The van der Waals surface area contributed by atoms with Crippen molar-refractivity contribution in [3.63, 3.8) is 0 Å². The van der Waals surface area contributed by atoms with Gasteiger partial charge in [-0.25, -0.2) is 0 Å². The molecule has 0 saturated carbocycles. The van der Waals surface area contributed by atoms with E-state index in [0.29, 0.717) is 0 Å². The highest BCUT2D eigenvalue weighted by molar-refractivity contribution is 5.76. The first-order valence-electron chi connectivity index (χ1n) is 5.14. The van der Waals surface area contributed by atoms with Crippen LogP contribution in [0.15, 0.2) is 36.4 Å². The van der Waals surface area contributed by atoms with Crippen LogP contribution in [0.5, 0.6) is 0 Å². The second-order valence-corrected chi connectivity index (χ2v) is 3.56. The van der Waals surface area contributed by atoms with Gasteiger partial charge in [-0.15, -0.1) is 0 Å². The Bertz CT molecular complexity index is 355. The van der Waals surface area contributed by atoms with Gasteiger partial charge < -0.3 is 9.84 Å². The largest absolute Gasteiger partial charge is 0.468 e. The second kappa shape index (κ2) is 6.08. The Labute approximate surface area is 95.4 Å². The van der Waals surface area contributed by atoms with E-state index in [1.165, 1.54) is 7.11 Å². The lowest BCUT2D eigenvalue weighted by Crippen LogP contribution is -2.24. The van der Waals surface area contributed by atoms with E-state index in [-0.39, 0.29) is 0 Å². The average molecular weight is 220 g/mol. The van der Waals surface area contributed by atoms with Gasteiger partial charge in [-0.05, 0) is 12.5 Å². The highest BCUT2D eigenvalue weighted by atomic mass is 16.5. The van der Waals surface area contributed by atoms with E-state index in [2.05, 4.69) is 4.74 Å². The van der Waals surface area contributed by atoms with Gasteiger partial charge in [0.15, 0.2) is 0 Å². The lowest BCUT2D eigenvalue weighted by Gasteiger charge is -2.12. The highest BCUT2D eigenvalue weighted by Gasteiger charge is 2.20. The van der Waals surface area contributed by atoms with Crippen LogP contribution in [0.4, 0.5) is 0 Å². The summed E-state index contributed by atoms with van der Waals surface area (Å²) in [7, 11) is 1.31. The maximum atomic E-state index is 11.3. The van der Waals surface area contributed by atoms with Gasteiger partial charge in [-0.2, -0.15) is 0 Å². The minimum absolute atomic E-state index is 0.429. The van der Waals surface area contributed by atoms with Crippen molar-refractivity contribution in [1.29, 1.82) is 0 Å². The number of rotatable bonds is 4. The molecule has 0 unspecified atom stereocenters. The number of aliphatic hydroxyl groups is 1. The van der Waals surface area contributed by atoms with Crippen LogP contribution < -0.4 is 0 Å². The van der Waals surface area contributed by atoms with Crippen molar-refractivity contribution in [3.8, 4) is 0 Å². The molecule has 3 nitrogen and oxygen atoms in total. The molecule has 16 heavy (non-hydrogen) atoms. The number of esters is 1. The molecule has 0 aliphatic carbocycles. The Morgan fingerprint density at radius 2 is 2.00 bits per heavy atom. The molecule has 0 spiro atoms. The van der Waals surface area contributed by atoms with E-state index >= 15 is 0 Å². The van der Waals surface area contributed by atoms with Crippen LogP contribution in [0.1, 0.15) is 12.5 Å². The predicted molar refractivity (Wildman–Crippen MR) is 62.7 cm³/mol. The molecule has 0 aliphatic rings. The van der Waals surface area contributed by atoms with Crippen LogP contribution in [0.2, 0.25) is 0 Å². The summed E-state index contributed by atoms with van der Waals surface area (Å²) in [6.07, 6.45) is 2.70. The van der Waals surface area contributed by atoms with E-state index in [9.17, 15) is 9.90 Å². The first-order valence-corrected chi connectivity index (χ1v) is 5.14. The highest BCUT2D eigenvalue weighted by Crippen LogP contribution is 2.11. The Hall–Kier alpha value is -1.61. The van der Waals surface area contributed by atoms with Crippen molar-refractivity contribution < 1.29 is 14.6 Å². The van der Waals surface area contributed by atoms with Crippen LogP contribution in [0.3, 0.4) is 0 Å². The van der Waals surface area contributed by atoms with Crippen molar-refractivity contribution in [1.82, 2.24) is 0 Å². The number of methoxy groups -OCH3 is 1. The van der Waals surface area contributed by atoms with Crippen molar-refractivity contribution in [2.75, 3.05) is 7.11 Å². The smallest absolute Gasteiger partial charge is 0.315 e. The molecule has 3 heteroatoms. The average Bonchev–Trinajstić information content (AvgIpc) is 2.30. The molecule has 0 amide bonds. The minimum atomic E-state index is -0.757. The fraction of sp³-hybridized carbons (Fsp3) is 0.308. The zero-order valence-corrected chi connectivity index (χ0v) is 9.46. The molecule has 86 valence electrons. The number of hydrogen-bond donors (Lipinski definition) is 1. The number of ether oxygens (including phenoxy) is 1. The molecule has 0 bridgehead atoms. The Kier molecular flexibility index (Phi) is 4.73. The zero-order valence-electron chi connectivity index (χ0n) is 9.46. The van der Waals surface area contributed by atoms with Crippen molar-refractivity contribution in [2.45, 2.75) is 13.0 Å². The maximum absolute atomic E-state index is 11.3. The topological polar surface area (TPSA) is 46.5 Å². The van der Waals surface area contributed by atoms with Crippen LogP contribution in [-0.4, -0.2) is 24.3 Å². The van der Waals surface area contributed by atoms with Crippen molar-refractivity contribution in [3.05, 3.63) is 42.0 Å². The van der Waals surface area contributed by atoms with Gasteiger partial charge in [0.05, 0.1) is 13.2 Å². The molecule has 0 aromatic heterocycles. The van der Waals surface area contributed by atoms with Crippen LogP contribution in [0.25, 0.3) is 6.08 Å². The molecule has 1 N–H and O–H groups in total. The SMILES string of the molecule is COC(=O)[C@@H](/C=C/c1ccccc1)[C@@H](C)O.